The van der Waals surface area contributed by atoms with Gasteiger partial charge in [0.2, 0.25) is 0 Å². The van der Waals surface area contributed by atoms with Gasteiger partial charge in [-0.05, 0) is 41.8 Å². The molecule has 0 unspecified atom stereocenters. The van der Waals surface area contributed by atoms with Gasteiger partial charge in [0.1, 0.15) is 11.6 Å². The van der Waals surface area contributed by atoms with Crippen molar-refractivity contribution in [3.8, 4) is 11.3 Å². The van der Waals surface area contributed by atoms with Gasteiger partial charge in [-0.15, -0.1) is 11.3 Å². The summed E-state index contributed by atoms with van der Waals surface area (Å²) >= 11 is 1.53. The number of thiophene rings is 1. The van der Waals surface area contributed by atoms with E-state index >= 15 is 0 Å². The normalized spacial score (nSPS) is 10.8. The van der Waals surface area contributed by atoms with Crippen molar-refractivity contribution in [2.75, 3.05) is 0 Å². The van der Waals surface area contributed by atoms with Gasteiger partial charge >= 0.3 is 0 Å². The molecule has 3 aromatic rings. The number of nitrogens with one attached hydrogen (secondary N) is 1. The molecule has 0 radical (unpaired) electrons. The molecule has 3 rings (SSSR count). The quantitative estimate of drug-likeness (QED) is 0.534. The number of nitrogens with two attached hydrogens (primary N) is 1. The third-order valence-electron chi connectivity index (χ3n) is 2.59. The molecule has 0 aliphatic carbocycles. The average molecular weight is 242 g/mol. The predicted octanol–water partition coefficient (Wildman–Crippen LogP) is 3.45. The highest BCUT2D eigenvalue weighted by molar-refractivity contribution is 7.20. The van der Waals surface area contributed by atoms with E-state index in [0.29, 0.717) is 0 Å². The molecule has 17 heavy (non-hydrogen) atoms. The smallest absolute Gasteiger partial charge is 0.133 e. The minimum absolute atomic E-state index is 0.116. The third kappa shape index (κ3) is 1.72. The summed E-state index contributed by atoms with van der Waals surface area (Å²) in [5, 5.41) is 8.52. The molecule has 3 nitrogen and oxygen atoms in total. The molecule has 2 heterocycles. The van der Waals surface area contributed by atoms with E-state index in [4.69, 9.17) is 15.6 Å². The molecule has 1 aromatic carbocycles. The minimum Gasteiger partial charge on any atom is -0.464 e. The Kier molecular flexibility index (Phi) is 2.23. The van der Waals surface area contributed by atoms with E-state index in [1.165, 1.54) is 11.3 Å². The molecule has 0 aliphatic heterocycles. The van der Waals surface area contributed by atoms with E-state index < -0.39 is 0 Å². The fourth-order valence-electron chi connectivity index (χ4n) is 1.77. The van der Waals surface area contributed by atoms with E-state index in [1.807, 2.05) is 30.3 Å². The second-order valence-corrected chi connectivity index (χ2v) is 4.84. The number of fused-ring (bicyclic) bond motifs is 1. The topological polar surface area (TPSA) is 63.0 Å². The number of furan rings is 1. The van der Waals surface area contributed by atoms with Crippen molar-refractivity contribution in [2.24, 2.45) is 5.73 Å². The van der Waals surface area contributed by atoms with Crippen LogP contribution in [0, 0.1) is 5.41 Å². The van der Waals surface area contributed by atoms with E-state index in [1.54, 1.807) is 6.26 Å². The molecule has 0 saturated carbocycles. The van der Waals surface area contributed by atoms with Crippen molar-refractivity contribution in [1.29, 1.82) is 5.41 Å². The molecule has 0 amide bonds. The fraction of sp³-hybridized carbons (Fsp3) is 0. The lowest BCUT2D eigenvalue weighted by atomic mass is 10.1. The van der Waals surface area contributed by atoms with Gasteiger partial charge in [-0.2, -0.15) is 0 Å². The SMILES string of the molecule is N=C(N)c1cc2cc(-c3ccco3)ccc2s1. The first-order chi connectivity index (χ1) is 8.24. The molecule has 0 fully saturated rings. The monoisotopic (exact) mass is 242 g/mol. The standard InChI is InChI=1S/C13H10N2OS/c14-13(15)12-7-9-6-8(3-4-11(9)17-12)10-2-1-5-16-10/h1-7H,(H3,14,15). The molecule has 4 heteroatoms. The number of hydrogen-bond donors (Lipinski definition) is 2. The van der Waals surface area contributed by atoms with E-state index in [0.717, 1.165) is 26.3 Å². The largest absolute Gasteiger partial charge is 0.464 e. The van der Waals surface area contributed by atoms with Crippen LogP contribution in [-0.2, 0) is 0 Å². The number of rotatable bonds is 2. The van der Waals surface area contributed by atoms with Crippen LogP contribution < -0.4 is 5.73 Å². The summed E-state index contributed by atoms with van der Waals surface area (Å²) in [5.74, 6) is 0.966. The summed E-state index contributed by atoms with van der Waals surface area (Å²) in [7, 11) is 0. The highest BCUT2D eigenvalue weighted by Gasteiger charge is 2.06. The van der Waals surface area contributed by atoms with Gasteiger partial charge in [0, 0.05) is 10.3 Å². The Bertz CT molecular complexity index is 683. The van der Waals surface area contributed by atoms with Crippen LogP contribution in [-0.4, -0.2) is 5.84 Å². The Morgan fingerprint density at radius 1 is 1.24 bits per heavy atom. The van der Waals surface area contributed by atoms with Crippen LogP contribution in [0.2, 0.25) is 0 Å². The van der Waals surface area contributed by atoms with Gasteiger partial charge in [0.15, 0.2) is 0 Å². The third-order valence-corrected chi connectivity index (χ3v) is 3.74. The molecular formula is C13H10N2OS. The number of nitrogen functional groups attached to an aromatic ring is 1. The highest BCUT2D eigenvalue weighted by atomic mass is 32.1. The van der Waals surface area contributed by atoms with Crippen molar-refractivity contribution in [3.05, 3.63) is 47.5 Å². The lowest BCUT2D eigenvalue weighted by Gasteiger charge is -1.96. The van der Waals surface area contributed by atoms with Crippen LogP contribution in [0.15, 0.2) is 47.1 Å². The first-order valence-electron chi connectivity index (χ1n) is 5.16. The van der Waals surface area contributed by atoms with Crippen molar-refractivity contribution < 1.29 is 4.42 Å². The number of hydrogen-bond acceptors (Lipinski definition) is 3. The lowest BCUT2D eigenvalue weighted by molar-refractivity contribution is 0.582. The van der Waals surface area contributed by atoms with E-state index in [9.17, 15) is 0 Å². The highest BCUT2D eigenvalue weighted by Crippen LogP contribution is 2.30. The van der Waals surface area contributed by atoms with Gasteiger partial charge in [0.25, 0.3) is 0 Å². The lowest BCUT2D eigenvalue weighted by Crippen LogP contribution is -2.08. The van der Waals surface area contributed by atoms with Crippen LogP contribution in [0.5, 0.6) is 0 Å². The second kappa shape index (κ2) is 3.75. The minimum atomic E-state index is 0.116. The molecule has 0 spiro atoms. The van der Waals surface area contributed by atoms with Crippen molar-refractivity contribution in [3.63, 3.8) is 0 Å². The summed E-state index contributed by atoms with van der Waals surface area (Å²) in [6.07, 6.45) is 1.66. The Morgan fingerprint density at radius 2 is 2.12 bits per heavy atom. The van der Waals surface area contributed by atoms with Gasteiger partial charge in [-0.1, -0.05) is 0 Å². The maximum absolute atomic E-state index is 7.43. The summed E-state index contributed by atoms with van der Waals surface area (Å²) < 4.78 is 6.49. The Hall–Kier alpha value is -2.07. The van der Waals surface area contributed by atoms with Crippen LogP contribution >= 0.6 is 11.3 Å². The van der Waals surface area contributed by atoms with Crippen molar-refractivity contribution in [2.45, 2.75) is 0 Å². The molecule has 2 aromatic heterocycles. The van der Waals surface area contributed by atoms with Crippen molar-refractivity contribution in [1.82, 2.24) is 0 Å². The van der Waals surface area contributed by atoms with Crippen LogP contribution in [0.3, 0.4) is 0 Å². The second-order valence-electron chi connectivity index (χ2n) is 3.75. The number of benzene rings is 1. The first kappa shape index (κ1) is 10.1. The molecule has 3 N–H and O–H groups in total. The van der Waals surface area contributed by atoms with Gasteiger partial charge < -0.3 is 10.2 Å². The van der Waals surface area contributed by atoms with E-state index in [-0.39, 0.29) is 5.84 Å². The first-order valence-corrected chi connectivity index (χ1v) is 5.97. The Morgan fingerprint density at radius 3 is 2.82 bits per heavy atom. The molecule has 0 aliphatic rings. The van der Waals surface area contributed by atoms with Crippen LogP contribution in [0.4, 0.5) is 0 Å². The van der Waals surface area contributed by atoms with E-state index in [2.05, 4.69) is 6.07 Å². The zero-order chi connectivity index (χ0) is 11.8. The molecule has 0 saturated heterocycles. The molecular weight excluding hydrogens is 232 g/mol. The fourth-order valence-corrected chi connectivity index (χ4v) is 2.68. The summed E-state index contributed by atoms with van der Waals surface area (Å²) in [4.78, 5) is 0.802. The summed E-state index contributed by atoms with van der Waals surface area (Å²) in [5.41, 5.74) is 6.52. The molecule has 0 atom stereocenters. The van der Waals surface area contributed by atoms with Gasteiger partial charge in [-0.25, -0.2) is 0 Å². The van der Waals surface area contributed by atoms with Crippen LogP contribution in [0.25, 0.3) is 21.4 Å². The summed E-state index contributed by atoms with van der Waals surface area (Å²) in [6.45, 7) is 0. The molecule has 84 valence electrons. The number of amidine groups is 1. The molecule has 0 bridgehead atoms. The maximum atomic E-state index is 7.43. The van der Waals surface area contributed by atoms with Crippen molar-refractivity contribution >= 4 is 27.3 Å². The summed E-state index contributed by atoms with van der Waals surface area (Å²) in [6, 6.07) is 11.8. The van der Waals surface area contributed by atoms with Gasteiger partial charge in [-0.3, -0.25) is 5.41 Å². The zero-order valence-corrected chi connectivity index (χ0v) is 9.75. The van der Waals surface area contributed by atoms with Crippen LogP contribution in [0.1, 0.15) is 4.88 Å². The predicted molar refractivity (Wildman–Crippen MR) is 70.5 cm³/mol. The zero-order valence-electron chi connectivity index (χ0n) is 8.94. The average Bonchev–Trinajstić information content (AvgIpc) is 2.97. The Balaban J connectivity index is 2.16. The van der Waals surface area contributed by atoms with Gasteiger partial charge in [0.05, 0.1) is 11.1 Å². The maximum Gasteiger partial charge on any atom is 0.133 e. The Labute approximate surface area is 102 Å².